The number of rotatable bonds is 3. The standard InChI is InChI=1S/C34H35FNS/c1-19(2)15-26-23-12-11-21(18-34(4,5)6)16-25(23)20(3)29-32-31-24(13-14-36(32)7)30-22(9-8-10-27(30)35)17-28(31)37-33(26)29/h8-14,16-17,19H,15,18H2,1-7H3/q+1. The number of halogens is 1. The molecule has 1 aromatic heterocycles. The second-order valence-corrected chi connectivity index (χ2v) is 13.5. The molecule has 0 saturated carbocycles. The Bertz CT molecular complexity index is 1740. The maximum absolute atomic E-state index is 15.2. The third-order valence-electron chi connectivity index (χ3n) is 7.66. The Hall–Kier alpha value is -2.91. The number of hydrogen-bond donors (Lipinski definition) is 0. The van der Waals surface area contributed by atoms with Crippen LogP contribution in [-0.2, 0) is 19.9 Å². The topological polar surface area (TPSA) is 3.88 Å². The van der Waals surface area contributed by atoms with Crippen LogP contribution in [0.4, 0.5) is 4.39 Å². The van der Waals surface area contributed by atoms with Crippen molar-refractivity contribution in [3.8, 4) is 11.3 Å². The second-order valence-electron chi connectivity index (χ2n) is 12.4. The monoisotopic (exact) mass is 508 g/mol. The number of hydrogen-bond acceptors (Lipinski definition) is 1. The molecule has 5 aromatic rings. The van der Waals surface area contributed by atoms with Crippen LogP contribution in [-0.4, -0.2) is 0 Å². The summed E-state index contributed by atoms with van der Waals surface area (Å²) in [5.41, 5.74) is 6.91. The van der Waals surface area contributed by atoms with Gasteiger partial charge in [-0.15, -0.1) is 0 Å². The van der Waals surface area contributed by atoms with Gasteiger partial charge in [0, 0.05) is 26.6 Å². The van der Waals surface area contributed by atoms with Gasteiger partial charge in [-0.3, -0.25) is 0 Å². The van der Waals surface area contributed by atoms with Crippen molar-refractivity contribution in [1.29, 1.82) is 0 Å². The van der Waals surface area contributed by atoms with E-state index in [-0.39, 0.29) is 11.2 Å². The fourth-order valence-electron chi connectivity index (χ4n) is 6.23. The van der Waals surface area contributed by atoms with Crippen LogP contribution in [0.25, 0.3) is 43.6 Å². The highest BCUT2D eigenvalue weighted by Gasteiger charge is 2.33. The van der Waals surface area contributed by atoms with E-state index < -0.39 is 0 Å². The van der Waals surface area contributed by atoms with Crippen molar-refractivity contribution in [1.82, 2.24) is 0 Å². The number of nitrogens with zero attached hydrogens (tertiary/aromatic N) is 1. The maximum Gasteiger partial charge on any atom is 0.222 e. The molecule has 3 heteroatoms. The highest BCUT2D eigenvalue weighted by atomic mass is 32.2. The normalized spacial score (nSPS) is 13.2. The lowest BCUT2D eigenvalue weighted by atomic mass is 9.84. The fourth-order valence-corrected chi connectivity index (χ4v) is 7.61. The summed E-state index contributed by atoms with van der Waals surface area (Å²) in [6, 6.07) is 16.9. The molecule has 0 spiro atoms. The molecule has 0 amide bonds. The van der Waals surface area contributed by atoms with Gasteiger partial charge in [0.15, 0.2) is 6.20 Å². The van der Waals surface area contributed by atoms with Crippen LogP contribution in [0, 0.1) is 24.1 Å². The molecule has 0 aliphatic carbocycles. The minimum absolute atomic E-state index is 0.151. The largest absolute Gasteiger partial charge is 0.222 e. The first-order valence-electron chi connectivity index (χ1n) is 13.3. The molecule has 0 N–H and O–H groups in total. The smallest absolute Gasteiger partial charge is 0.206 e. The molecule has 37 heavy (non-hydrogen) atoms. The Labute approximate surface area is 223 Å². The summed E-state index contributed by atoms with van der Waals surface area (Å²) >= 11 is 1.88. The quantitative estimate of drug-likeness (QED) is 0.170. The van der Waals surface area contributed by atoms with Gasteiger partial charge in [-0.2, -0.15) is 0 Å². The molecule has 1 aliphatic heterocycles. The molecule has 0 atom stereocenters. The van der Waals surface area contributed by atoms with Gasteiger partial charge in [-0.25, -0.2) is 8.96 Å². The van der Waals surface area contributed by atoms with Crippen LogP contribution in [0.2, 0.25) is 0 Å². The van der Waals surface area contributed by atoms with E-state index in [1.54, 1.807) is 6.07 Å². The Balaban J connectivity index is 1.76. The molecule has 2 heterocycles. The van der Waals surface area contributed by atoms with E-state index in [1.807, 2.05) is 23.9 Å². The van der Waals surface area contributed by atoms with Gasteiger partial charge in [0.2, 0.25) is 5.69 Å². The Morgan fingerprint density at radius 2 is 1.73 bits per heavy atom. The van der Waals surface area contributed by atoms with Gasteiger partial charge in [0.25, 0.3) is 0 Å². The minimum Gasteiger partial charge on any atom is -0.206 e. The van der Waals surface area contributed by atoms with E-state index in [0.717, 1.165) is 29.0 Å². The van der Waals surface area contributed by atoms with Crippen molar-refractivity contribution in [3.05, 3.63) is 77.2 Å². The third kappa shape index (κ3) is 3.94. The highest BCUT2D eigenvalue weighted by molar-refractivity contribution is 8.00. The lowest BCUT2D eigenvalue weighted by Gasteiger charge is -2.26. The Morgan fingerprint density at radius 1 is 0.946 bits per heavy atom. The minimum atomic E-state index is -0.151. The van der Waals surface area contributed by atoms with Gasteiger partial charge in [0.1, 0.15) is 12.9 Å². The van der Waals surface area contributed by atoms with Crippen LogP contribution >= 0.6 is 11.8 Å². The molecule has 0 radical (unpaired) electrons. The van der Waals surface area contributed by atoms with Crippen molar-refractivity contribution in [3.63, 3.8) is 0 Å². The first-order valence-corrected chi connectivity index (χ1v) is 14.1. The van der Waals surface area contributed by atoms with E-state index in [4.69, 9.17) is 0 Å². The lowest BCUT2D eigenvalue weighted by Crippen LogP contribution is -2.32. The number of benzene rings is 4. The molecule has 1 nitrogen and oxygen atoms in total. The van der Waals surface area contributed by atoms with E-state index in [0.29, 0.717) is 5.92 Å². The van der Waals surface area contributed by atoms with Crippen molar-refractivity contribution in [2.24, 2.45) is 18.4 Å². The van der Waals surface area contributed by atoms with E-state index >= 15 is 4.39 Å². The maximum atomic E-state index is 15.2. The van der Waals surface area contributed by atoms with Crippen molar-refractivity contribution < 1.29 is 8.96 Å². The fraction of sp³-hybridized carbons (Fsp3) is 0.324. The van der Waals surface area contributed by atoms with Crippen LogP contribution < -0.4 is 4.57 Å². The van der Waals surface area contributed by atoms with Crippen molar-refractivity contribution in [2.45, 2.75) is 64.2 Å². The van der Waals surface area contributed by atoms with E-state index in [9.17, 15) is 0 Å². The zero-order valence-electron chi connectivity index (χ0n) is 22.9. The molecule has 0 bridgehead atoms. The van der Waals surface area contributed by atoms with Gasteiger partial charge in [-0.1, -0.05) is 76.7 Å². The molecule has 188 valence electrons. The first-order chi connectivity index (χ1) is 17.5. The molecule has 1 aliphatic rings. The summed E-state index contributed by atoms with van der Waals surface area (Å²) in [7, 11) is 2.13. The molecule has 0 saturated heterocycles. The zero-order chi connectivity index (χ0) is 26.2. The van der Waals surface area contributed by atoms with E-state index in [2.05, 4.69) is 89.7 Å². The van der Waals surface area contributed by atoms with Gasteiger partial charge < -0.3 is 0 Å². The number of aromatic nitrogens is 1. The summed E-state index contributed by atoms with van der Waals surface area (Å²) in [5, 5.41) is 6.59. The van der Waals surface area contributed by atoms with E-state index in [1.165, 1.54) is 53.9 Å². The predicted octanol–water partition coefficient (Wildman–Crippen LogP) is 9.34. The average Bonchev–Trinajstić information content (AvgIpc) is 2.82. The van der Waals surface area contributed by atoms with Crippen LogP contribution in [0.3, 0.4) is 0 Å². The Morgan fingerprint density at radius 3 is 2.46 bits per heavy atom. The molecule has 4 aromatic carbocycles. The summed E-state index contributed by atoms with van der Waals surface area (Å²) in [4.78, 5) is 2.59. The van der Waals surface area contributed by atoms with Gasteiger partial charge in [-0.05, 0) is 76.1 Å². The summed E-state index contributed by atoms with van der Waals surface area (Å²) < 4.78 is 17.4. The predicted molar refractivity (Wildman–Crippen MR) is 156 cm³/mol. The zero-order valence-corrected chi connectivity index (χ0v) is 23.7. The average molecular weight is 509 g/mol. The molecular weight excluding hydrogens is 473 g/mol. The number of fused-ring (bicyclic) bond motifs is 5. The van der Waals surface area contributed by atoms with Crippen LogP contribution in [0.5, 0.6) is 0 Å². The highest BCUT2D eigenvalue weighted by Crippen LogP contribution is 2.53. The first kappa shape index (κ1) is 24.4. The lowest BCUT2D eigenvalue weighted by molar-refractivity contribution is -0.659. The van der Waals surface area contributed by atoms with Gasteiger partial charge in [0.05, 0.1) is 10.9 Å². The van der Waals surface area contributed by atoms with Crippen molar-refractivity contribution >= 4 is 44.1 Å². The number of aryl methyl sites for hydroxylation is 2. The molecule has 0 unspecified atom stereocenters. The van der Waals surface area contributed by atoms with Crippen LogP contribution in [0.15, 0.2) is 64.5 Å². The summed E-state index contributed by atoms with van der Waals surface area (Å²) in [5.74, 6) is 0.392. The Kier molecular flexibility index (Phi) is 5.65. The van der Waals surface area contributed by atoms with Crippen LogP contribution in [0.1, 0.15) is 51.3 Å². The second kappa shape index (κ2) is 8.56. The molecule has 0 fully saturated rings. The van der Waals surface area contributed by atoms with Crippen molar-refractivity contribution in [2.75, 3.05) is 0 Å². The van der Waals surface area contributed by atoms with Gasteiger partial charge >= 0.3 is 0 Å². The summed E-state index contributed by atoms with van der Waals surface area (Å²) in [6.45, 7) is 13.8. The number of pyridine rings is 1. The third-order valence-corrected chi connectivity index (χ3v) is 8.85. The molecular formula is C34H35FNS+. The summed E-state index contributed by atoms with van der Waals surface area (Å²) in [6.07, 6.45) is 4.18. The SMILES string of the molecule is Cc1c2c(c(CC(C)C)c3ccc(CC(C)(C)C)cc13)Sc1cc3cccc(F)c3c3cc[n+](C)c-2c13. The molecule has 6 rings (SSSR count).